The lowest BCUT2D eigenvalue weighted by atomic mass is 9.98. The van der Waals surface area contributed by atoms with Crippen LogP contribution >= 0.6 is 0 Å². The van der Waals surface area contributed by atoms with E-state index in [4.69, 9.17) is 23.7 Å². The minimum atomic E-state index is -1.92. The molecule has 1 aliphatic rings. The van der Waals surface area contributed by atoms with E-state index in [9.17, 15) is 34.5 Å². The van der Waals surface area contributed by atoms with Crippen molar-refractivity contribution in [2.45, 2.75) is 302 Å². The van der Waals surface area contributed by atoms with Crippen LogP contribution in [0.15, 0.2) is 109 Å². The minimum absolute atomic E-state index is 0.0373. The van der Waals surface area contributed by atoms with Crippen molar-refractivity contribution in [1.82, 2.24) is 0 Å². The molecule has 0 amide bonds. The summed E-state index contributed by atoms with van der Waals surface area (Å²) in [5.74, 6) is -3.17. The van der Waals surface area contributed by atoms with E-state index in [0.717, 1.165) is 167 Å². The number of rotatable bonds is 55. The fourth-order valence-electron chi connectivity index (χ4n) is 9.34. The molecule has 1 rings (SSSR count). The maximum Gasteiger partial charge on any atom is 0.335 e. The Hall–Kier alpha value is -4.62. The summed E-state index contributed by atoms with van der Waals surface area (Å²) in [5.41, 5.74) is 0. The molecule has 12 heteroatoms. The highest BCUT2D eigenvalue weighted by atomic mass is 16.7. The first-order valence-electron chi connectivity index (χ1n) is 32.9. The van der Waals surface area contributed by atoms with Crippen LogP contribution in [-0.4, -0.2) is 89.2 Å². The van der Waals surface area contributed by atoms with Gasteiger partial charge in [-0.25, -0.2) is 4.79 Å². The van der Waals surface area contributed by atoms with Gasteiger partial charge in [0.15, 0.2) is 24.6 Å². The van der Waals surface area contributed by atoms with E-state index in [2.05, 4.69) is 130 Å². The Morgan fingerprint density at radius 3 is 1.17 bits per heavy atom. The van der Waals surface area contributed by atoms with Crippen molar-refractivity contribution in [3.8, 4) is 0 Å². The second-order valence-electron chi connectivity index (χ2n) is 22.0. The van der Waals surface area contributed by atoms with Crippen molar-refractivity contribution in [3.63, 3.8) is 0 Å². The molecule has 0 aliphatic carbocycles. The van der Waals surface area contributed by atoms with Crippen LogP contribution in [0.5, 0.6) is 0 Å². The Labute approximate surface area is 504 Å². The maximum absolute atomic E-state index is 13.2. The fourth-order valence-corrected chi connectivity index (χ4v) is 9.34. The number of carbonyl (C=O) groups is 4. The van der Waals surface area contributed by atoms with Crippen LogP contribution in [0.2, 0.25) is 0 Å². The number of aliphatic hydroxyl groups excluding tert-OH is 2. The molecule has 1 aliphatic heterocycles. The average Bonchev–Trinajstić information content (AvgIpc) is 3.57. The van der Waals surface area contributed by atoms with Gasteiger partial charge in [-0.2, -0.15) is 0 Å². The van der Waals surface area contributed by atoms with Crippen molar-refractivity contribution in [1.29, 1.82) is 0 Å². The Balaban J connectivity index is 2.68. The standard InChI is InChI=1S/C71H116O12/c1-4-7-10-13-16-19-22-25-28-30-32-34-37-39-42-45-48-51-54-57-63(72)79-60-62(81-64(73)58-55-52-49-46-43-40-36-27-24-21-18-15-12-9-6-3)61-80-71-69(67(76)66(75)68(83-71)70(77)78)82-65(74)59-56-53-50-47-44-41-38-35-33-31-29-26-23-20-17-14-11-8-5-2/h7-8,10-11,16-17,19-20,25-29,32-36,62,66-69,71,75-76H,4-6,9,12-15,18,21-24,30-31,37-61H2,1-3H3,(H,77,78)/b10-7-,11-8-,19-16-,20-17-,28-25-,29-26-,34-32-,35-33-,36-27-. The van der Waals surface area contributed by atoms with Gasteiger partial charge in [0.1, 0.15) is 18.8 Å². The van der Waals surface area contributed by atoms with E-state index >= 15 is 0 Å². The van der Waals surface area contributed by atoms with Crippen LogP contribution in [-0.2, 0) is 42.9 Å². The first kappa shape index (κ1) is 76.4. The molecule has 0 radical (unpaired) electrons. The van der Waals surface area contributed by atoms with Gasteiger partial charge in [-0.1, -0.05) is 233 Å². The summed E-state index contributed by atoms with van der Waals surface area (Å²) < 4.78 is 28.5. The van der Waals surface area contributed by atoms with Gasteiger partial charge in [0.05, 0.1) is 6.61 Å². The smallest absolute Gasteiger partial charge is 0.335 e. The summed E-state index contributed by atoms with van der Waals surface area (Å²) in [4.78, 5) is 51.4. The van der Waals surface area contributed by atoms with Gasteiger partial charge in [-0.05, 0) is 122 Å². The summed E-state index contributed by atoms with van der Waals surface area (Å²) in [5, 5.41) is 31.6. The Bertz CT molecular complexity index is 1860. The molecule has 0 spiro atoms. The molecule has 83 heavy (non-hydrogen) atoms. The Morgan fingerprint density at radius 2 is 0.759 bits per heavy atom. The number of unbranched alkanes of at least 4 members (excludes halogenated alkanes) is 23. The highest BCUT2D eigenvalue weighted by Crippen LogP contribution is 2.26. The van der Waals surface area contributed by atoms with E-state index in [1.807, 2.05) is 0 Å². The molecule has 6 unspecified atom stereocenters. The molecule has 1 saturated heterocycles. The van der Waals surface area contributed by atoms with Gasteiger partial charge < -0.3 is 39.0 Å². The predicted molar refractivity (Wildman–Crippen MR) is 340 cm³/mol. The van der Waals surface area contributed by atoms with Crippen LogP contribution in [0.1, 0.15) is 265 Å². The van der Waals surface area contributed by atoms with Crippen molar-refractivity contribution in [3.05, 3.63) is 109 Å². The van der Waals surface area contributed by atoms with Gasteiger partial charge in [-0.3, -0.25) is 14.4 Å². The summed E-state index contributed by atoms with van der Waals surface area (Å²) >= 11 is 0. The van der Waals surface area contributed by atoms with E-state index in [1.54, 1.807) is 0 Å². The molecule has 1 heterocycles. The van der Waals surface area contributed by atoms with Gasteiger partial charge >= 0.3 is 23.9 Å². The van der Waals surface area contributed by atoms with Crippen LogP contribution in [0, 0.1) is 0 Å². The van der Waals surface area contributed by atoms with Crippen molar-refractivity contribution >= 4 is 23.9 Å². The Morgan fingerprint density at radius 1 is 0.410 bits per heavy atom. The lowest BCUT2D eigenvalue weighted by Crippen LogP contribution is -2.61. The molecular formula is C71H116O12. The first-order valence-corrected chi connectivity index (χ1v) is 32.9. The van der Waals surface area contributed by atoms with Gasteiger partial charge in [-0.15, -0.1) is 0 Å². The lowest BCUT2D eigenvalue weighted by molar-refractivity contribution is -0.301. The topological polar surface area (TPSA) is 175 Å². The van der Waals surface area contributed by atoms with Crippen molar-refractivity contribution < 1.29 is 58.2 Å². The van der Waals surface area contributed by atoms with Crippen LogP contribution < -0.4 is 0 Å². The van der Waals surface area contributed by atoms with Gasteiger partial charge in [0.25, 0.3) is 0 Å². The maximum atomic E-state index is 13.2. The Kier molecular flexibility index (Phi) is 53.2. The van der Waals surface area contributed by atoms with Gasteiger partial charge in [0.2, 0.25) is 0 Å². The number of hydrogen-bond donors (Lipinski definition) is 3. The molecule has 0 aromatic heterocycles. The molecule has 0 aromatic rings. The number of aliphatic hydroxyl groups is 2. The molecule has 0 bridgehead atoms. The normalized spacial score (nSPS) is 18.3. The zero-order valence-electron chi connectivity index (χ0n) is 52.2. The van der Waals surface area contributed by atoms with Crippen LogP contribution in [0.3, 0.4) is 0 Å². The SMILES string of the molecule is CC/C=C\C/C=C\C/C=C\C/C=C\CCCCCCCCC(=O)OCC(COC1OC(C(=O)O)C(O)C(O)C1OC(=O)CCCCCCCC/C=C\C/C=C\C/C=C\C/C=C\CC)OC(=O)CCCCCCC/C=C\CCCCCCCC. The second-order valence-corrected chi connectivity index (χ2v) is 22.0. The third-order valence-corrected chi connectivity index (χ3v) is 14.3. The van der Waals surface area contributed by atoms with E-state index in [-0.39, 0.29) is 25.9 Å². The van der Waals surface area contributed by atoms with Crippen molar-refractivity contribution in [2.24, 2.45) is 0 Å². The van der Waals surface area contributed by atoms with E-state index in [1.165, 1.54) is 38.5 Å². The number of hydrogen-bond acceptors (Lipinski definition) is 11. The number of ether oxygens (including phenoxy) is 5. The number of esters is 3. The number of carbonyl (C=O) groups excluding carboxylic acids is 3. The number of carboxylic acids is 1. The molecule has 1 fully saturated rings. The second kappa shape index (κ2) is 57.8. The quantitative estimate of drug-likeness (QED) is 0.0228. The molecule has 3 N–H and O–H groups in total. The van der Waals surface area contributed by atoms with Crippen molar-refractivity contribution in [2.75, 3.05) is 13.2 Å². The molecule has 0 aromatic carbocycles. The minimum Gasteiger partial charge on any atom is -0.479 e. The van der Waals surface area contributed by atoms with E-state index in [0.29, 0.717) is 19.3 Å². The summed E-state index contributed by atoms with van der Waals surface area (Å²) in [7, 11) is 0. The molecule has 12 nitrogen and oxygen atoms in total. The number of aliphatic carboxylic acids is 1. The molecule has 6 atom stereocenters. The van der Waals surface area contributed by atoms with Crippen LogP contribution in [0.25, 0.3) is 0 Å². The molecular weight excluding hydrogens is 1040 g/mol. The molecule has 0 saturated carbocycles. The first-order chi connectivity index (χ1) is 40.6. The van der Waals surface area contributed by atoms with E-state index < -0.39 is 67.3 Å². The monoisotopic (exact) mass is 1160 g/mol. The highest BCUT2D eigenvalue weighted by Gasteiger charge is 2.50. The summed E-state index contributed by atoms with van der Waals surface area (Å²) in [6.07, 6.45) is 66.1. The highest BCUT2D eigenvalue weighted by molar-refractivity contribution is 5.74. The number of allylic oxidation sites excluding steroid dienone is 18. The number of carboxylic acid groups (broad SMARTS) is 1. The van der Waals surface area contributed by atoms with Gasteiger partial charge in [0, 0.05) is 19.3 Å². The average molecular weight is 1160 g/mol. The largest absolute Gasteiger partial charge is 0.479 e. The zero-order valence-corrected chi connectivity index (χ0v) is 52.2. The predicted octanol–water partition coefficient (Wildman–Crippen LogP) is 17.8. The molecule has 472 valence electrons. The lowest BCUT2D eigenvalue weighted by Gasteiger charge is -2.40. The third-order valence-electron chi connectivity index (χ3n) is 14.3. The third kappa shape index (κ3) is 47.3. The zero-order chi connectivity index (χ0) is 60.3. The fraction of sp³-hybridized carbons (Fsp3) is 0.690. The van der Waals surface area contributed by atoms with Crippen LogP contribution in [0.4, 0.5) is 0 Å². The summed E-state index contributed by atoms with van der Waals surface area (Å²) in [6.45, 7) is 5.76. The summed E-state index contributed by atoms with van der Waals surface area (Å²) in [6, 6.07) is 0.